The van der Waals surface area contributed by atoms with Gasteiger partial charge in [0, 0.05) is 25.0 Å². The third-order valence-corrected chi connectivity index (χ3v) is 2.08. The van der Waals surface area contributed by atoms with Crippen LogP contribution in [0.3, 0.4) is 0 Å². The number of rotatable bonds is 5. The van der Waals surface area contributed by atoms with E-state index in [1.807, 2.05) is 6.92 Å². The first kappa shape index (κ1) is 10.3. The van der Waals surface area contributed by atoms with Crippen molar-refractivity contribution in [2.75, 3.05) is 5.88 Å². The Morgan fingerprint density at radius 2 is 2.46 bits per heavy atom. The Morgan fingerprint density at radius 1 is 1.69 bits per heavy atom. The van der Waals surface area contributed by atoms with Gasteiger partial charge in [-0.3, -0.25) is 9.48 Å². The molecule has 0 fully saturated rings. The maximum atomic E-state index is 11.4. The summed E-state index contributed by atoms with van der Waals surface area (Å²) >= 11 is 5.49. The van der Waals surface area contributed by atoms with Gasteiger partial charge in [-0.25, -0.2) is 0 Å². The summed E-state index contributed by atoms with van der Waals surface area (Å²) in [5.74, 6) is 0.661. The van der Waals surface area contributed by atoms with Crippen molar-refractivity contribution in [2.45, 2.75) is 26.3 Å². The van der Waals surface area contributed by atoms with Gasteiger partial charge in [0.05, 0.1) is 11.8 Å². The monoisotopic (exact) mass is 200 g/mol. The van der Waals surface area contributed by atoms with Crippen molar-refractivity contribution in [1.82, 2.24) is 9.78 Å². The molecule has 0 aliphatic carbocycles. The number of hydrogen-bond acceptors (Lipinski definition) is 2. The Kier molecular flexibility index (Phi) is 3.96. The molecule has 0 bridgehead atoms. The average molecular weight is 201 g/mol. The zero-order valence-corrected chi connectivity index (χ0v) is 8.42. The minimum absolute atomic E-state index is 0.125. The van der Waals surface area contributed by atoms with E-state index in [2.05, 4.69) is 5.10 Å². The molecule has 0 aliphatic rings. The highest BCUT2D eigenvalue weighted by Crippen LogP contribution is 2.04. The SMILES string of the molecule is CCn1cc(C(=O)CCCCl)cn1. The van der Waals surface area contributed by atoms with Crippen molar-refractivity contribution >= 4 is 17.4 Å². The van der Waals surface area contributed by atoms with Crippen LogP contribution >= 0.6 is 11.6 Å². The van der Waals surface area contributed by atoms with Crippen LogP contribution in [-0.2, 0) is 6.54 Å². The number of carbonyl (C=O) groups excluding carboxylic acids is 1. The van der Waals surface area contributed by atoms with Crippen LogP contribution in [-0.4, -0.2) is 21.4 Å². The molecule has 1 rings (SSSR count). The summed E-state index contributed by atoms with van der Waals surface area (Å²) in [6.07, 6.45) is 4.63. The molecular formula is C9H13ClN2O. The van der Waals surface area contributed by atoms with Gasteiger partial charge < -0.3 is 0 Å². The van der Waals surface area contributed by atoms with E-state index in [9.17, 15) is 4.79 Å². The highest BCUT2D eigenvalue weighted by molar-refractivity contribution is 6.18. The van der Waals surface area contributed by atoms with Gasteiger partial charge in [0.1, 0.15) is 0 Å². The summed E-state index contributed by atoms with van der Waals surface area (Å²) in [5, 5.41) is 4.03. The smallest absolute Gasteiger partial charge is 0.166 e. The summed E-state index contributed by atoms with van der Waals surface area (Å²) in [6.45, 7) is 2.78. The number of aryl methyl sites for hydroxylation is 1. The highest BCUT2D eigenvalue weighted by Gasteiger charge is 2.07. The second kappa shape index (κ2) is 5.02. The van der Waals surface area contributed by atoms with Crippen molar-refractivity contribution in [3.8, 4) is 0 Å². The van der Waals surface area contributed by atoms with Gasteiger partial charge in [0.25, 0.3) is 0 Å². The lowest BCUT2D eigenvalue weighted by atomic mass is 10.1. The van der Waals surface area contributed by atoms with E-state index in [0.717, 1.165) is 13.0 Å². The minimum atomic E-state index is 0.125. The molecule has 0 radical (unpaired) electrons. The lowest BCUT2D eigenvalue weighted by Gasteiger charge is -1.94. The van der Waals surface area contributed by atoms with Gasteiger partial charge in [-0.1, -0.05) is 0 Å². The number of Topliss-reactive ketones (excluding diaryl/α,β-unsaturated/α-hetero) is 1. The van der Waals surface area contributed by atoms with Gasteiger partial charge >= 0.3 is 0 Å². The van der Waals surface area contributed by atoms with Crippen LogP contribution in [0.4, 0.5) is 0 Å². The molecule has 1 aromatic rings. The Labute approximate surface area is 82.7 Å². The van der Waals surface area contributed by atoms with Crippen molar-refractivity contribution in [2.24, 2.45) is 0 Å². The van der Waals surface area contributed by atoms with E-state index >= 15 is 0 Å². The normalized spacial score (nSPS) is 10.3. The summed E-state index contributed by atoms with van der Waals surface area (Å²) in [4.78, 5) is 11.4. The average Bonchev–Trinajstić information content (AvgIpc) is 2.62. The molecule has 0 saturated heterocycles. The Balaban J connectivity index is 2.55. The molecule has 0 N–H and O–H groups in total. The lowest BCUT2D eigenvalue weighted by Crippen LogP contribution is -1.98. The second-order valence-electron chi connectivity index (χ2n) is 2.80. The van der Waals surface area contributed by atoms with Crippen molar-refractivity contribution in [3.05, 3.63) is 18.0 Å². The summed E-state index contributed by atoms with van der Waals surface area (Å²) in [5.41, 5.74) is 0.687. The molecule has 0 aromatic carbocycles. The van der Waals surface area contributed by atoms with Crippen LogP contribution in [0, 0.1) is 0 Å². The molecule has 1 heterocycles. The lowest BCUT2D eigenvalue weighted by molar-refractivity contribution is 0.0982. The van der Waals surface area contributed by atoms with Crippen molar-refractivity contribution in [3.63, 3.8) is 0 Å². The summed E-state index contributed by atoms with van der Waals surface area (Å²) < 4.78 is 1.74. The van der Waals surface area contributed by atoms with E-state index in [-0.39, 0.29) is 5.78 Å². The number of aromatic nitrogens is 2. The van der Waals surface area contributed by atoms with E-state index in [0.29, 0.717) is 17.9 Å². The predicted molar refractivity (Wildman–Crippen MR) is 52.2 cm³/mol. The van der Waals surface area contributed by atoms with Crippen LogP contribution in [0.25, 0.3) is 0 Å². The first-order chi connectivity index (χ1) is 6.27. The predicted octanol–water partition coefficient (Wildman–Crippen LogP) is 2.10. The largest absolute Gasteiger partial charge is 0.294 e. The van der Waals surface area contributed by atoms with Gasteiger partial charge in [-0.15, -0.1) is 11.6 Å². The highest BCUT2D eigenvalue weighted by atomic mass is 35.5. The topological polar surface area (TPSA) is 34.9 Å². The fourth-order valence-corrected chi connectivity index (χ4v) is 1.19. The molecule has 3 nitrogen and oxygen atoms in total. The molecular weight excluding hydrogens is 188 g/mol. The maximum Gasteiger partial charge on any atom is 0.166 e. The van der Waals surface area contributed by atoms with Gasteiger partial charge in [-0.05, 0) is 13.3 Å². The number of hydrogen-bond donors (Lipinski definition) is 0. The standard InChI is InChI=1S/C9H13ClN2O/c1-2-12-7-8(6-11-12)9(13)4-3-5-10/h6-7H,2-5H2,1H3. The molecule has 13 heavy (non-hydrogen) atoms. The minimum Gasteiger partial charge on any atom is -0.294 e. The van der Waals surface area contributed by atoms with Crippen LogP contribution in [0.1, 0.15) is 30.1 Å². The Bertz CT molecular complexity index is 283. The fraction of sp³-hybridized carbons (Fsp3) is 0.556. The van der Waals surface area contributed by atoms with E-state index in [1.165, 1.54) is 0 Å². The third kappa shape index (κ3) is 2.84. The van der Waals surface area contributed by atoms with E-state index < -0.39 is 0 Å². The number of ketones is 1. The number of carbonyl (C=O) groups is 1. The van der Waals surface area contributed by atoms with Crippen LogP contribution in [0.15, 0.2) is 12.4 Å². The number of halogens is 1. The van der Waals surface area contributed by atoms with Crippen LogP contribution in [0.2, 0.25) is 0 Å². The zero-order valence-electron chi connectivity index (χ0n) is 7.66. The molecule has 1 aromatic heterocycles. The van der Waals surface area contributed by atoms with Gasteiger partial charge in [0.15, 0.2) is 5.78 Å². The summed E-state index contributed by atoms with van der Waals surface area (Å²) in [7, 11) is 0. The van der Waals surface area contributed by atoms with Crippen molar-refractivity contribution in [1.29, 1.82) is 0 Å². The Hall–Kier alpha value is -0.830. The third-order valence-electron chi connectivity index (χ3n) is 1.82. The first-order valence-electron chi connectivity index (χ1n) is 4.39. The molecule has 0 amide bonds. The van der Waals surface area contributed by atoms with Crippen LogP contribution in [0.5, 0.6) is 0 Å². The van der Waals surface area contributed by atoms with Gasteiger partial charge in [0.2, 0.25) is 0 Å². The Morgan fingerprint density at radius 3 is 3.00 bits per heavy atom. The summed E-state index contributed by atoms with van der Waals surface area (Å²) in [6, 6.07) is 0. The van der Waals surface area contributed by atoms with E-state index in [1.54, 1.807) is 17.1 Å². The van der Waals surface area contributed by atoms with Crippen LogP contribution < -0.4 is 0 Å². The fourth-order valence-electron chi connectivity index (χ4n) is 1.05. The van der Waals surface area contributed by atoms with Crippen molar-refractivity contribution < 1.29 is 4.79 Å². The molecule has 4 heteroatoms. The molecule has 72 valence electrons. The zero-order chi connectivity index (χ0) is 9.68. The second-order valence-corrected chi connectivity index (χ2v) is 3.18. The quantitative estimate of drug-likeness (QED) is 0.539. The number of nitrogens with zero attached hydrogens (tertiary/aromatic N) is 2. The molecule has 0 atom stereocenters. The van der Waals surface area contributed by atoms with Gasteiger partial charge in [-0.2, -0.15) is 5.10 Å². The maximum absolute atomic E-state index is 11.4. The molecule has 0 saturated carbocycles. The molecule has 0 aliphatic heterocycles. The number of alkyl halides is 1. The van der Waals surface area contributed by atoms with E-state index in [4.69, 9.17) is 11.6 Å². The molecule has 0 unspecified atom stereocenters. The molecule has 0 spiro atoms. The first-order valence-corrected chi connectivity index (χ1v) is 4.93.